The Bertz CT molecular complexity index is 1280. The highest BCUT2D eigenvalue weighted by Gasteiger charge is 2.09. The molecule has 0 bridgehead atoms. The summed E-state index contributed by atoms with van der Waals surface area (Å²) in [6.45, 7) is 0.293. The van der Waals surface area contributed by atoms with Gasteiger partial charge in [0.15, 0.2) is 0 Å². The summed E-state index contributed by atoms with van der Waals surface area (Å²) < 4.78 is 7.35. The van der Waals surface area contributed by atoms with Crippen LogP contribution in [0.1, 0.15) is 5.56 Å². The number of amides is 1. The molecule has 0 saturated carbocycles. The molecule has 1 aromatic heterocycles. The highest BCUT2D eigenvalue weighted by atomic mass is 79.9. The third-order valence-electron chi connectivity index (χ3n) is 4.70. The van der Waals surface area contributed by atoms with Crippen LogP contribution in [0.5, 0.6) is 5.75 Å². The van der Waals surface area contributed by atoms with Crippen molar-refractivity contribution >= 4 is 43.5 Å². The van der Waals surface area contributed by atoms with Crippen LogP contribution in [-0.4, -0.2) is 22.6 Å². The van der Waals surface area contributed by atoms with Crippen molar-refractivity contribution in [3.05, 3.63) is 81.3 Å². The second-order valence-electron chi connectivity index (χ2n) is 6.66. The van der Waals surface area contributed by atoms with Crippen molar-refractivity contribution in [3.8, 4) is 5.75 Å². The molecule has 0 unspecified atom stereocenters. The van der Waals surface area contributed by atoms with E-state index >= 15 is 0 Å². The van der Waals surface area contributed by atoms with Gasteiger partial charge in [0.25, 0.3) is 5.56 Å². The van der Waals surface area contributed by atoms with Gasteiger partial charge in [0.2, 0.25) is 5.91 Å². The lowest BCUT2D eigenvalue weighted by molar-refractivity contribution is -0.121. The Hall–Kier alpha value is -3.19. The number of methoxy groups -OCH3 is 1. The van der Waals surface area contributed by atoms with Crippen LogP contribution in [0.2, 0.25) is 0 Å². The number of halogens is 1. The first kappa shape index (κ1) is 19.1. The van der Waals surface area contributed by atoms with Crippen LogP contribution in [-0.2, 0) is 17.9 Å². The van der Waals surface area contributed by atoms with E-state index in [2.05, 4.69) is 26.2 Å². The molecule has 0 aliphatic heterocycles. The summed E-state index contributed by atoms with van der Waals surface area (Å²) in [7, 11) is 1.64. The average Bonchev–Trinajstić information content (AvgIpc) is 2.74. The lowest BCUT2D eigenvalue weighted by Gasteiger charge is -2.09. The van der Waals surface area contributed by atoms with Gasteiger partial charge in [-0.3, -0.25) is 14.2 Å². The largest absolute Gasteiger partial charge is 0.497 e. The second kappa shape index (κ2) is 8.05. The van der Waals surface area contributed by atoms with Gasteiger partial charge in [-0.15, -0.1) is 0 Å². The molecular formula is C22H18BrN3O3. The van der Waals surface area contributed by atoms with Crippen LogP contribution in [0.15, 0.2) is 70.2 Å². The van der Waals surface area contributed by atoms with Crippen molar-refractivity contribution in [2.24, 2.45) is 0 Å². The Morgan fingerprint density at radius 3 is 2.72 bits per heavy atom. The summed E-state index contributed by atoms with van der Waals surface area (Å²) in [6.07, 6.45) is 1.40. The van der Waals surface area contributed by atoms with E-state index in [9.17, 15) is 9.59 Å². The van der Waals surface area contributed by atoms with E-state index in [1.165, 1.54) is 10.9 Å². The SMILES string of the molecule is COc1ccc2cc(CNC(=O)Cn3cnc4ccc(Br)cc4c3=O)ccc2c1. The van der Waals surface area contributed by atoms with Gasteiger partial charge in [0.05, 0.1) is 24.3 Å². The van der Waals surface area contributed by atoms with E-state index < -0.39 is 0 Å². The van der Waals surface area contributed by atoms with Gasteiger partial charge in [-0.25, -0.2) is 4.98 Å². The Morgan fingerprint density at radius 1 is 1.10 bits per heavy atom. The van der Waals surface area contributed by atoms with E-state index in [1.54, 1.807) is 19.2 Å². The fraction of sp³-hybridized carbons (Fsp3) is 0.136. The summed E-state index contributed by atoms with van der Waals surface area (Å²) in [5.74, 6) is 0.554. The second-order valence-corrected chi connectivity index (χ2v) is 7.58. The van der Waals surface area contributed by atoms with Gasteiger partial charge in [0, 0.05) is 11.0 Å². The predicted molar refractivity (Wildman–Crippen MR) is 116 cm³/mol. The van der Waals surface area contributed by atoms with Crippen molar-refractivity contribution < 1.29 is 9.53 Å². The topological polar surface area (TPSA) is 73.2 Å². The first-order valence-corrected chi connectivity index (χ1v) is 9.81. The number of carbonyl (C=O) groups excluding carboxylic acids is 1. The number of fused-ring (bicyclic) bond motifs is 2. The molecule has 7 heteroatoms. The molecule has 4 aromatic rings. The monoisotopic (exact) mass is 451 g/mol. The Balaban J connectivity index is 1.46. The molecule has 1 amide bonds. The number of aromatic nitrogens is 2. The van der Waals surface area contributed by atoms with Crippen LogP contribution in [0.3, 0.4) is 0 Å². The molecule has 0 atom stereocenters. The zero-order valence-electron chi connectivity index (χ0n) is 15.7. The third-order valence-corrected chi connectivity index (χ3v) is 5.19. The summed E-state index contributed by atoms with van der Waals surface area (Å²) in [5.41, 5.74) is 1.33. The van der Waals surface area contributed by atoms with E-state index in [-0.39, 0.29) is 18.0 Å². The Kier molecular flexibility index (Phi) is 5.31. The van der Waals surface area contributed by atoms with Crippen molar-refractivity contribution in [1.29, 1.82) is 0 Å². The summed E-state index contributed by atoms with van der Waals surface area (Å²) >= 11 is 3.36. The number of nitrogens with one attached hydrogen (secondary N) is 1. The van der Waals surface area contributed by atoms with Gasteiger partial charge in [-0.05, 0) is 52.7 Å². The maximum atomic E-state index is 12.6. The van der Waals surface area contributed by atoms with Gasteiger partial charge in [-0.1, -0.05) is 34.1 Å². The third kappa shape index (κ3) is 4.14. The summed E-state index contributed by atoms with van der Waals surface area (Å²) in [6, 6.07) is 17.1. The molecule has 0 fully saturated rings. The number of nitrogens with zero attached hydrogens (tertiary/aromatic N) is 2. The average molecular weight is 452 g/mol. The summed E-state index contributed by atoms with van der Waals surface area (Å²) in [4.78, 5) is 29.2. The molecule has 0 saturated heterocycles. The molecule has 146 valence electrons. The minimum absolute atomic E-state index is 0.0843. The van der Waals surface area contributed by atoms with Crippen LogP contribution < -0.4 is 15.6 Å². The maximum Gasteiger partial charge on any atom is 0.261 e. The lowest BCUT2D eigenvalue weighted by atomic mass is 10.1. The molecule has 0 radical (unpaired) electrons. The highest BCUT2D eigenvalue weighted by molar-refractivity contribution is 9.10. The quantitative estimate of drug-likeness (QED) is 0.502. The van der Waals surface area contributed by atoms with E-state index in [1.807, 2.05) is 42.5 Å². The number of ether oxygens (including phenoxy) is 1. The Labute approximate surface area is 175 Å². The minimum Gasteiger partial charge on any atom is -0.497 e. The molecular weight excluding hydrogens is 434 g/mol. The van der Waals surface area contributed by atoms with Gasteiger partial charge in [-0.2, -0.15) is 0 Å². The number of hydrogen-bond acceptors (Lipinski definition) is 4. The zero-order valence-corrected chi connectivity index (χ0v) is 17.3. The molecule has 0 aliphatic rings. The number of benzene rings is 3. The van der Waals surface area contributed by atoms with E-state index in [0.717, 1.165) is 26.6 Å². The maximum absolute atomic E-state index is 12.6. The van der Waals surface area contributed by atoms with Gasteiger partial charge in [0.1, 0.15) is 12.3 Å². The molecule has 1 heterocycles. The van der Waals surface area contributed by atoms with Crippen LogP contribution in [0.25, 0.3) is 21.7 Å². The normalized spacial score (nSPS) is 11.0. The highest BCUT2D eigenvalue weighted by Crippen LogP contribution is 2.21. The molecule has 1 N–H and O–H groups in total. The molecule has 0 aliphatic carbocycles. The first-order valence-electron chi connectivity index (χ1n) is 9.01. The smallest absolute Gasteiger partial charge is 0.261 e. The van der Waals surface area contributed by atoms with Crippen molar-refractivity contribution in [2.75, 3.05) is 7.11 Å². The van der Waals surface area contributed by atoms with Crippen LogP contribution >= 0.6 is 15.9 Å². The first-order chi connectivity index (χ1) is 14.0. The van der Waals surface area contributed by atoms with E-state index in [4.69, 9.17) is 4.74 Å². The Morgan fingerprint density at radius 2 is 1.90 bits per heavy atom. The van der Waals surface area contributed by atoms with E-state index in [0.29, 0.717) is 17.4 Å². The van der Waals surface area contributed by atoms with Crippen LogP contribution in [0.4, 0.5) is 0 Å². The number of hydrogen-bond donors (Lipinski definition) is 1. The molecule has 6 nitrogen and oxygen atoms in total. The van der Waals surface area contributed by atoms with Crippen molar-refractivity contribution in [2.45, 2.75) is 13.1 Å². The minimum atomic E-state index is -0.252. The van der Waals surface area contributed by atoms with Crippen molar-refractivity contribution in [1.82, 2.24) is 14.9 Å². The lowest BCUT2D eigenvalue weighted by Crippen LogP contribution is -2.32. The number of carbonyl (C=O) groups is 1. The standard InChI is InChI=1S/C22H18BrN3O3/c1-29-18-6-4-15-8-14(2-3-16(15)9-18)11-24-21(27)12-26-13-25-20-7-5-17(23)10-19(20)22(26)28/h2-10,13H,11-12H2,1H3,(H,24,27). The predicted octanol–water partition coefficient (Wildman–Crippen LogP) is 3.64. The fourth-order valence-corrected chi connectivity index (χ4v) is 3.53. The van der Waals surface area contributed by atoms with Gasteiger partial charge >= 0.3 is 0 Å². The zero-order chi connectivity index (χ0) is 20.4. The fourth-order valence-electron chi connectivity index (χ4n) is 3.17. The van der Waals surface area contributed by atoms with Crippen molar-refractivity contribution in [3.63, 3.8) is 0 Å². The molecule has 3 aromatic carbocycles. The number of rotatable bonds is 5. The molecule has 0 spiro atoms. The van der Waals surface area contributed by atoms with Crippen LogP contribution in [0, 0.1) is 0 Å². The molecule has 29 heavy (non-hydrogen) atoms. The summed E-state index contributed by atoms with van der Waals surface area (Å²) in [5, 5.41) is 5.47. The van der Waals surface area contributed by atoms with Gasteiger partial charge < -0.3 is 10.1 Å². The molecule has 4 rings (SSSR count).